The van der Waals surface area contributed by atoms with Gasteiger partial charge in [0.15, 0.2) is 0 Å². The molecule has 0 amide bonds. The number of nitrogens with two attached hydrogens (primary N) is 1. The molecule has 0 spiro atoms. The lowest BCUT2D eigenvalue weighted by atomic mass is 10.2. The summed E-state index contributed by atoms with van der Waals surface area (Å²) in [7, 11) is 0. The van der Waals surface area contributed by atoms with Gasteiger partial charge in [0.2, 0.25) is 0 Å². The monoisotopic (exact) mass is 260 g/mol. The average Bonchev–Trinajstić information content (AvgIpc) is 2.42. The molecular formula is C15H17FN2O. The summed E-state index contributed by atoms with van der Waals surface area (Å²) in [6, 6.07) is 11.7. The smallest absolute Gasteiger partial charge is 0.144 e. The summed E-state index contributed by atoms with van der Waals surface area (Å²) in [5, 5.41) is 3.17. The molecule has 3 N–H and O–H groups in total. The highest BCUT2D eigenvalue weighted by molar-refractivity contribution is 5.66. The third-order valence-electron chi connectivity index (χ3n) is 2.61. The Balaban J connectivity index is 2.14. The molecule has 19 heavy (non-hydrogen) atoms. The van der Waals surface area contributed by atoms with Crippen molar-refractivity contribution in [3.05, 3.63) is 48.3 Å². The zero-order valence-corrected chi connectivity index (χ0v) is 10.8. The van der Waals surface area contributed by atoms with Gasteiger partial charge >= 0.3 is 0 Å². The fraction of sp³-hybridized carbons (Fsp3) is 0.200. The van der Waals surface area contributed by atoms with E-state index in [0.29, 0.717) is 18.0 Å². The van der Waals surface area contributed by atoms with Gasteiger partial charge in [0, 0.05) is 17.4 Å². The van der Waals surface area contributed by atoms with Crippen LogP contribution in [0, 0.1) is 5.82 Å². The molecule has 0 radical (unpaired) electrons. The molecule has 3 nitrogen and oxygen atoms in total. The molecule has 2 aromatic carbocycles. The van der Waals surface area contributed by atoms with Gasteiger partial charge in [-0.1, -0.05) is 6.92 Å². The van der Waals surface area contributed by atoms with Crippen molar-refractivity contribution in [2.24, 2.45) is 0 Å². The summed E-state index contributed by atoms with van der Waals surface area (Å²) >= 11 is 0. The van der Waals surface area contributed by atoms with Crippen LogP contribution in [-0.2, 0) is 0 Å². The second kappa shape index (κ2) is 6.09. The predicted octanol–water partition coefficient (Wildman–Crippen LogP) is 3.94. The van der Waals surface area contributed by atoms with E-state index in [-0.39, 0.29) is 5.82 Å². The van der Waals surface area contributed by atoms with E-state index in [4.69, 9.17) is 10.5 Å². The zero-order valence-electron chi connectivity index (χ0n) is 10.8. The number of anilines is 3. The molecular weight excluding hydrogens is 243 g/mol. The van der Waals surface area contributed by atoms with Gasteiger partial charge in [-0.05, 0) is 42.8 Å². The maximum absolute atomic E-state index is 12.8. The molecule has 4 heteroatoms. The molecule has 2 aromatic rings. The highest BCUT2D eigenvalue weighted by Crippen LogP contribution is 2.27. The highest BCUT2D eigenvalue weighted by Gasteiger charge is 2.03. The van der Waals surface area contributed by atoms with Crippen molar-refractivity contribution in [3.63, 3.8) is 0 Å². The van der Waals surface area contributed by atoms with Crippen LogP contribution in [0.4, 0.5) is 21.5 Å². The minimum atomic E-state index is -0.255. The molecule has 0 atom stereocenters. The second-order valence-electron chi connectivity index (χ2n) is 4.23. The zero-order chi connectivity index (χ0) is 13.7. The highest BCUT2D eigenvalue weighted by atomic mass is 19.1. The van der Waals surface area contributed by atoms with Crippen molar-refractivity contribution in [2.45, 2.75) is 13.3 Å². The second-order valence-corrected chi connectivity index (χ2v) is 4.23. The molecule has 0 aliphatic rings. The van der Waals surface area contributed by atoms with Crippen molar-refractivity contribution >= 4 is 17.1 Å². The summed E-state index contributed by atoms with van der Waals surface area (Å²) < 4.78 is 18.4. The van der Waals surface area contributed by atoms with Gasteiger partial charge in [0.05, 0.1) is 12.3 Å². The maximum Gasteiger partial charge on any atom is 0.144 e. The lowest BCUT2D eigenvalue weighted by molar-refractivity contribution is 0.319. The fourth-order valence-corrected chi connectivity index (χ4v) is 1.65. The van der Waals surface area contributed by atoms with Crippen LogP contribution in [0.2, 0.25) is 0 Å². The first kappa shape index (κ1) is 13.2. The number of rotatable bonds is 5. The molecule has 0 aliphatic heterocycles. The Kier molecular flexibility index (Phi) is 4.23. The minimum absolute atomic E-state index is 0.255. The summed E-state index contributed by atoms with van der Waals surface area (Å²) in [5.41, 5.74) is 8.12. The predicted molar refractivity (Wildman–Crippen MR) is 76.3 cm³/mol. The molecule has 0 aliphatic carbocycles. The first-order chi connectivity index (χ1) is 9.19. The van der Waals surface area contributed by atoms with Crippen LogP contribution in [-0.4, -0.2) is 6.61 Å². The summed E-state index contributed by atoms with van der Waals surface area (Å²) in [6.45, 7) is 2.67. The molecule has 0 fully saturated rings. The van der Waals surface area contributed by atoms with Gasteiger partial charge in [0.1, 0.15) is 11.6 Å². The van der Waals surface area contributed by atoms with E-state index in [9.17, 15) is 4.39 Å². The van der Waals surface area contributed by atoms with E-state index in [0.717, 1.165) is 17.8 Å². The van der Waals surface area contributed by atoms with Gasteiger partial charge in [-0.2, -0.15) is 0 Å². The number of nitrogens with one attached hydrogen (secondary N) is 1. The quantitative estimate of drug-likeness (QED) is 0.800. The topological polar surface area (TPSA) is 47.3 Å². The van der Waals surface area contributed by atoms with Crippen molar-refractivity contribution in [1.29, 1.82) is 0 Å². The van der Waals surface area contributed by atoms with Crippen LogP contribution < -0.4 is 15.8 Å². The van der Waals surface area contributed by atoms with Crippen molar-refractivity contribution < 1.29 is 9.13 Å². The van der Waals surface area contributed by atoms with Crippen molar-refractivity contribution in [1.82, 2.24) is 0 Å². The number of hydrogen-bond donors (Lipinski definition) is 2. The molecule has 0 unspecified atom stereocenters. The maximum atomic E-state index is 12.8. The van der Waals surface area contributed by atoms with E-state index in [1.165, 1.54) is 12.1 Å². The Morgan fingerprint density at radius 1 is 1.11 bits per heavy atom. The largest absolute Gasteiger partial charge is 0.491 e. The number of nitrogen functional groups attached to an aromatic ring is 1. The summed E-state index contributed by atoms with van der Waals surface area (Å²) in [6.07, 6.45) is 0.926. The van der Waals surface area contributed by atoms with E-state index in [1.807, 2.05) is 19.1 Å². The van der Waals surface area contributed by atoms with Crippen LogP contribution in [0.1, 0.15) is 13.3 Å². The van der Waals surface area contributed by atoms with Gasteiger partial charge in [-0.3, -0.25) is 0 Å². The standard InChI is InChI=1S/C15H17FN2O/c1-2-9-19-15-10-13(7-8-14(15)17)18-12-5-3-11(16)4-6-12/h3-8,10,18H,2,9,17H2,1H3. The van der Waals surface area contributed by atoms with E-state index in [1.54, 1.807) is 18.2 Å². The third-order valence-corrected chi connectivity index (χ3v) is 2.61. The number of halogens is 1. The molecule has 0 saturated heterocycles. The van der Waals surface area contributed by atoms with Gasteiger partial charge < -0.3 is 15.8 Å². The number of hydrogen-bond acceptors (Lipinski definition) is 3. The Bertz CT molecular complexity index is 540. The summed E-state index contributed by atoms with van der Waals surface area (Å²) in [4.78, 5) is 0. The van der Waals surface area contributed by atoms with E-state index >= 15 is 0 Å². The third kappa shape index (κ3) is 3.61. The molecule has 100 valence electrons. The first-order valence-corrected chi connectivity index (χ1v) is 6.24. The average molecular weight is 260 g/mol. The van der Waals surface area contributed by atoms with E-state index < -0.39 is 0 Å². The Morgan fingerprint density at radius 3 is 2.47 bits per heavy atom. The number of ether oxygens (including phenoxy) is 1. The minimum Gasteiger partial charge on any atom is -0.491 e. The van der Waals surface area contributed by atoms with Crippen LogP contribution in [0.5, 0.6) is 5.75 Å². The van der Waals surface area contributed by atoms with Crippen LogP contribution in [0.15, 0.2) is 42.5 Å². The molecule has 0 aromatic heterocycles. The summed E-state index contributed by atoms with van der Waals surface area (Å²) in [5.74, 6) is 0.406. The van der Waals surface area contributed by atoms with Crippen LogP contribution in [0.25, 0.3) is 0 Å². The molecule has 0 heterocycles. The van der Waals surface area contributed by atoms with Crippen LogP contribution in [0.3, 0.4) is 0 Å². The fourth-order valence-electron chi connectivity index (χ4n) is 1.65. The Labute approximate surface area is 112 Å². The first-order valence-electron chi connectivity index (χ1n) is 6.24. The van der Waals surface area contributed by atoms with Gasteiger partial charge in [0.25, 0.3) is 0 Å². The van der Waals surface area contributed by atoms with Crippen molar-refractivity contribution in [2.75, 3.05) is 17.7 Å². The SMILES string of the molecule is CCCOc1cc(Nc2ccc(F)cc2)ccc1N. The normalized spacial score (nSPS) is 10.2. The van der Waals surface area contributed by atoms with Gasteiger partial charge in [-0.15, -0.1) is 0 Å². The van der Waals surface area contributed by atoms with Gasteiger partial charge in [-0.25, -0.2) is 4.39 Å². The molecule has 0 saturated carbocycles. The Hall–Kier alpha value is -2.23. The molecule has 2 rings (SSSR count). The lowest BCUT2D eigenvalue weighted by Gasteiger charge is -2.11. The number of benzene rings is 2. The Morgan fingerprint density at radius 2 is 1.79 bits per heavy atom. The van der Waals surface area contributed by atoms with E-state index in [2.05, 4.69) is 5.32 Å². The lowest BCUT2D eigenvalue weighted by Crippen LogP contribution is -2.00. The van der Waals surface area contributed by atoms with Crippen molar-refractivity contribution in [3.8, 4) is 5.75 Å². The van der Waals surface area contributed by atoms with Crippen LogP contribution >= 0.6 is 0 Å². The molecule has 0 bridgehead atoms.